The van der Waals surface area contributed by atoms with Gasteiger partial charge in [-0.3, -0.25) is 14.4 Å². The van der Waals surface area contributed by atoms with Gasteiger partial charge in [-0.05, 0) is 83.5 Å². The molecule has 0 bridgehead atoms. The van der Waals surface area contributed by atoms with E-state index in [1.807, 2.05) is 6.08 Å². The van der Waals surface area contributed by atoms with Crippen LogP contribution in [0, 0.1) is 0 Å². The van der Waals surface area contributed by atoms with Crippen molar-refractivity contribution in [3.8, 4) is 0 Å². The molecule has 12 heteroatoms. The van der Waals surface area contributed by atoms with Gasteiger partial charge in [-0.25, -0.2) is 4.79 Å². The van der Waals surface area contributed by atoms with E-state index in [2.05, 4.69) is 87.6 Å². The van der Waals surface area contributed by atoms with Crippen LogP contribution in [0.15, 0.2) is 72.9 Å². The predicted octanol–water partition coefficient (Wildman–Crippen LogP) is 16.9. The average Bonchev–Trinajstić information content (AvgIpc) is 3.46. The smallest absolute Gasteiger partial charge is 0.335 e. The molecule has 1 heterocycles. The van der Waals surface area contributed by atoms with Crippen molar-refractivity contribution in [2.75, 3.05) is 13.2 Å². The third-order valence-corrected chi connectivity index (χ3v) is 14.3. The Balaban J connectivity index is 2.71. The van der Waals surface area contributed by atoms with Gasteiger partial charge in [-0.15, -0.1) is 0 Å². The third kappa shape index (κ3) is 44.5. The first kappa shape index (κ1) is 73.2. The summed E-state index contributed by atoms with van der Waals surface area (Å²) in [7, 11) is 0. The lowest BCUT2D eigenvalue weighted by Gasteiger charge is -2.40. The molecule has 1 aliphatic heterocycles. The standard InChI is InChI=1S/C67H114O12/c1-4-7-10-13-16-19-22-25-28-30-33-35-38-41-44-47-50-53-59(68)75-56-58(77-60(69)54-51-48-45-42-39-37-34-31-29-26-23-20-17-14-11-8-5-2)57-76-67-65(63(72)62(71)64(79-67)66(73)74)78-61(70)55-52-49-46-43-40-36-32-27-24-21-18-15-12-9-6-3/h7,10,16,19,25,27-28,32-33,35,41,44,58,62-65,67,71-72H,4-6,8-9,11-15,17-18,20-24,26,29-31,34,36-40,42-43,45-57H2,1-3H3,(H,73,74)/b10-7-,19-16-,28-25-,32-27-,35-33-,44-41-. The fourth-order valence-electron chi connectivity index (χ4n) is 9.40. The first-order chi connectivity index (χ1) is 38.6. The van der Waals surface area contributed by atoms with Gasteiger partial charge in [0.15, 0.2) is 24.6 Å². The van der Waals surface area contributed by atoms with Crippen molar-refractivity contribution < 1.29 is 58.2 Å². The Hall–Kier alpha value is -3.84. The fourth-order valence-corrected chi connectivity index (χ4v) is 9.40. The lowest BCUT2D eigenvalue weighted by atomic mass is 9.98. The number of ether oxygens (including phenoxy) is 5. The zero-order valence-corrected chi connectivity index (χ0v) is 50.1. The van der Waals surface area contributed by atoms with E-state index >= 15 is 0 Å². The molecule has 0 aromatic rings. The largest absolute Gasteiger partial charge is 0.479 e. The highest BCUT2D eigenvalue weighted by Gasteiger charge is 2.50. The maximum Gasteiger partial charge on any atom is 0.335 e. The number of allylic oxidation sites excluding steroid dienone is 12. The van der Waals surface area contributed by atoms with E-state index in [0.29, 0.717) is 25.7 Å². The normalized spacial score (nSPS) is 18.3. The number of esters is 3. The number of aliphatic carboxylic acids is 1. The summed E-state index contributed by atoms with van der Waals surface area (Å²) < 4.78 is 28.5. The Morgan fingerprint density at radius 2 is 0.810 bits per heavy atom. The molecule has 454 valence electrons. The average molecular weight is 1110 g/mol. The number of unbranched alkanes of at least 4 members (excludes halogenated alkanes) is 28. The number of carbonyl (C=O) groups is 4. The molecule has 6 atom stereocenters. The van der Waals surface area contributed by atoms with E-state index in [4.69, 9.17) is 23.7 Å². The maximum absolute atomic E-state index is 13.2. The lowest BCUT2D eigenvalue weighted by Crippen LogP contribution is -2.61. The molecule has 12 nitrogen and oxygen atoms in total. The van der Waals surface area contributed by atoms with Gasteiger partial charge in [0.05, 0.1) is 6.61 Å². The fraction of sp³-hybridized carbons (Fsp3) is 0.761. The number of carboxylic acid groups (broad SMARTS) is 1. The summed E-state index contributed by atoms with van der Waals surface area (Å²) >= 11 is 0. The first-order valence-corrected chi connectivity index (χ1v) is 31.9. The summed E-state index contributed by atoms with van der Waals surface area (Å²) in [5.74, 6) is -3.19. The molecular formula is C67H114O12. The molecule has 0 aromatic carbocycles. The second-order valence-electron chi connectivity index (χ2n) is 21.7. The van der Waals surface area contributed by atoms with E-state index in [9.17, 15) is 34.5 Å². The summed E-state index contributed by atoms with van der Waals surface area (Å²) in [6.07, 6.45) is 57.3. The van der Waals surface area contributed by atoms with Gasteiger partial charge >= 0.3 is 23.9 Å². The monoisotopic (exact) mass is 1110 g/mol. The van der Waals surface area contributed by atoms with Crippen molar-refractivity contribution in [1.29, 1.82) is 0 Å². The predicted molar refractivity (Wildman–Crippen MR) is 322 cm³/mol. The first-order valence-electron chi connectivity index (χ1n) is 31.9. The molecule has 79 heavy (non-hydrogen) atoms. The van der Waals surface area contributed by atoms with Gasteiger partial charge in [0.1, 0.15) is 18.8 Å². The topological polar surface area (TPSA) is 175 Å². The van der Waals surface area contributed by atoms with Crippen LogP contribution in [-0.4, -0.2) is 89.2 Å². The van der Waals surface area contributed by atoms with Crippen molar-refractivity contribution in [2.24, 2.45) is 0 Å². The van der Waals surface area contributed by atoms with Crippen LogP contribution in [0.25, 0.3) is 0 Å². The van der Waals surface area contributed by atoms with Gasteiger partial charge < -0.3 is 39.0 Å². The quantitative estimate of drug-likeness (QED) is 0.0228. The molecule has 1 saturated heterocycles. The molecule has 0 aromatic heterocycles. The molecule has 6 unspecified atom stereocenters. The van der Waals surface area contributed by atoms with Crippen molar-refractivity contribution in [3.05, 3.63) is 72.9 Å². The number of carboxylic acids is 1. The Morgan fingerprint density at radius 1 is 0.430 bits per heavy atom. The Kier molecular flexibility index (Phi) is 50.7. The SMILES string of the molecule is CC/C=C\C/C=C\C/C=C\C/C=C\C/C=C\CCCC(=O)OCC(COC1OC(C(=O)O)C(O)C(O)C1OC(=O)CCCCCCC/C=C\CCCCCCCC)OC(=O)CCCCCCCCCCCCCCCCCCC. The number of aliphatic hydroxyl groups is 2. The second-order valence-corrected chi connectivity index (χ2v) is 21.7. The van der Waals surface area contributed by atoms with Crippen LogP contribution in [0.1, 0.15) is 278 Å². The van der Waals surface area contributed by atoms with Crippen molar-refractivity contribution >= 4 is 23.9 Å². The number of hydrogen-bond acceptors (Lipinski definition) is 11. The molecule has 3 N–H and O–H groups in total. The zero-order valence-electron chi connectivity index (χ0n) is 50.1. The van der Waals surface area contributed by atoms with Crippen LogP contribution < -0.4 is 0 Å². The van der Waals surface area contributed by atoms with Crippen molar-refractivity contribution in [2.45, 2.75) is 314 Å². The van der Waals surface area contributed by atoms with Gasteiger partial charge in [0.2, 0.25) is 0 Å². The molecule has 0 amide bonds. The third-order valence-electron chi connectivity index (χ3n) is 14.3. The van der Waals surface area contributed by atoms with Crippen LogP contribution in [0.5, 0.6) is 0 Å². The van der Waals surface area contributed by atoms with Crippen molar-refractivity contribution in [1.82, 2.24) is 0 Å². The molecule has 0 aliphatic carbocycles. The lowest BCUT2D eigenvalue weighted by molar-refractivity contribution is -0.301. The minimum absolute atomic E-state index is 0.0449. The molecule has 0 saturated carbocycles. The second kappa shape index (κ2) is 54.7. The van der Waals surface area contributed by atoms with E-state index in [1.165, 1.54) is 122 Å². The van der Waals surface area contributed by atoms with E-state index in [0.717, 1.165) is 89.9 Å². The Labute approximate surface area is 480 Å². The highest BCUT2D eigenvalue weighted by Crippen LogP contribution is 2.27. The zero-order chi connectivity index (χ0) is 57.5. The summed E-state index contributed by atoms with van der Waals surface area (Å²) in [4.78, 5) is 51.2. The van der Waals surface area contributed by atoms with Gasteiger partial charge in [0.25, 0.3) is 0 Å². The summed E-state index contributed by atoms with van der Waals surface area (Å²) in [6, 6.07) is 0. The van der Waals surface area contributed by atoms with Gasteiger partial charge in [0, 0.05) is 19.3 Å². The number of hydrogen-bond donors (Lipinski definition) is 3. The molecule has 1 aliphatic rings. The van der Waals surface area contributed by atoms with E-state index in [-0.39, 0.29) is 25.9 Å². The van der Waals surface area contributed by atoms with Crippen molar-refractivity contribution in [3.63, 3.8) is 0 Å². The number of carbonyl (C=O) groups excluding carboxylic acids is 3. The number of aliphatic hydroxyl groups excluding tert-OH is 2. The molecule has 1 fully saturated rings. The maximum atomic E-state index is 13.2. The minimum atomic E-state index is -1.91. The highest BCUT2D eigenvalue weighted by molar-refractivity contribution is 5.74. The summed E-state index contributed by atoms with van der Waals surface area (Å²) in [5, 5.41) is 31.5. The molecule has 1 rings (SSSR count). The summed E-state index contributed by atoms with van der Waals surface area (Å²) in [6.45, 7) is 5.85. The molecular weight excluding hydrogens is 997 g/mol. The number of rotatable bonds is 54. The summed E-state index contributed by atoms with van der Waals surface area (Å²) in [5.41, 5.74) is 0. The van der Waals surface area contributed by atoms with Crippen LogP contribution in [-0.2, 0) is 42.9 Å². The van der Waals surface area contributed by atoms with Crippen LogP contribution in [0.3, 0.4) is 0 Å². The molecule has 0 spiro atoms. The minimum Gasteiger partial charge on any atom is -0.479 e. The van der Waals surface area contributed by atoms with Gasteiger partial charge in [-0.2, -0.15) is 0 Å². The van der Waals surface area contributed by atoms with Crippen LogP contribution in [0.2, 0.25) is 0 Å². The van der Waals surface area contributed by atoms with Gasteiger partial charge in [-0.1, -0.05) is 248 Å². The van der Waals surface area contributed by atoms with Crippen LogP contribution >= 0.6 is 0 Å². The highest BCUT2D eigenvalue weighted by atomic mass is 16.7. The Bertz CT molecular complexity index is 1650. The van der Waals surface area contributed by atoms with Crippen LogP contribution in [0.4, 0.5) is 0 Å². The van der Waals surface area contributed by atoms with E-state index < -0.39 is 67.3 Å². The molecule has 0 radical (unpaired) electrons. The van der Waals surface area contributed by atoms with E-state index in [1.54, 1.807) is 0 Å². The Morgan fingerprint density at radius 3 is 1.27 bits per heavy atom.